The predicted octanol–water partition coefficient (Wildman–Crippen LogP) is 6.20. The fourth-order valence-corrected chi connectivity index (χ4v) is 4.51. The van der Waals surface area contributed by atoms with Crippen LogP contribution < -0.4 is 5.32 Å². The number of benzene rings is 3. The lowest BCUT2D eigenvalue weighted by molar-refractivity contribution is -0.121. The number of piperidine rings is 1. The Labute approximate surface area is 184 Å². The number of carbonyl (C=O) groups is 1. The number of fused-ring (bicyclic) bond motifs is 3. The summed E-state index contributed by atoms with van der Waals surface area (Å²) >= 11 is 3.48. The van der Waals surface area contributed by atoms with Gasteiger partial charge in [-0.3, -0.25) is 9.69 Å². The first-order valence-electron chi connectivity index (χ1n) is 10.3. The van der Waals surface area contributed by atoms with Crippen molar-refractivity contribution in [1.29, 1.82) is 0 Å². The van der Waals surface area contributed by atoms with E-state index in [-0.39, 0.29) is 11.8 Å². The molecule has 0 atom stereocenters. The normalized spacial score (nSPS) is 15.6. The molecule has 5 heteroatoms. The van der Waals surface area contributed by atoms with Crippen molar-refractivity contribution in [1.82, 2.24) is 4.90 Å². The first-order chi connectivity index (χ1) is 14.7. The number of nitrogens with zero attached hydrogens (tertiary/aromatic N) is 1. The molecule has 0 aliphatic carbocycles. The molecule has 1 saturated heterocycles. The van der Waals surface area contributed by atoms with E-state index in [0.717, 1.165) is 64.6 Å². The highest BCUT2D eigenvalue weighted by atomic mass is 79.9. The van der Waals surface area contributed by atoms with E-state index in [1.54, 1.807) is 0 Å². The van der Waals surface area contributed by atoms with Crippen LogP contribution in [0, 0.1) is 5.92 Å². The molecule has 0 unspecified atom stereocenters. The van der Waals surface area contributed by atoms with Gasteiger partial charge in [0.25, 0.3) is 0 Å². The second-order valence-corrected chi connectivity index (χ2v) is 8.89. The monoisotopic (exact) mass is 462 g/mol. The summed E-state index contributed by atoms with van der Waals surface area (Å²) in [5.74, 6) is 0.159. The minimum atomic E-state index is 0.0533. The number of likely N-dealkylation sites (tertiary alicyclic amines) is 1. The lowest BCUT2D eigenvalue weighted by atomic mass is 9.95. The van der Waals surface area contributed by atoms with E-state index in [0.29, 0.717) is 0 Å². The molecule has 0 radical (unpaired) electrons. The molecule has 0 spiro atoms. The van der Waals surface area contributed by atoms with E-state index in [4.69, 9.17) is 4.42 Å². The molecule has 1 fully saturated rings. The zero-order valence-electron chi connectivity index (χ0n) is 16.6. The summed E-state index contributed by atoms with van der Waals surface area (Å²) in [6.07, 6.45) is 1.77. The maximum absolute atomic E-state index is 12.8. The van der Waals surface area contributed by atoms with Gasteiger partial charge < -0.3 is 9.73 Å². The maximum Gasteiger partial charge on any atom is 0.227 e. The molecule has 2 heterocycles. The smallest absolute Gasteiger partial charge is 0.227 e. The highest BCUT2D eigenvalue weighted by Crippen LogP contribution is 2.31. The molecule has 3 aromatic carbocycles. The molecule has 5 rings (SSSR count). The third-order valence-electron chi connectivity index (χ3n) is 5.92. The van der Waals surface area contributed by atoms with E-state index in [1.807, 2.05) is 36.4 Å². The van der Waals surface area contributed by atoms with Crippen molar-refractivity contribution in [2.24, 2.45) is 5.92 Å². The van der Waals surface area contributed by atoms with Gasteiger partial charge in [0.15, 0.2) is 0 Å². The van der Waals surface area contributed by atoms with Crippen molar-refractivity contribution in [3.05, 3.63) is 76.8 Å². The van der Waals surface area contributed by atoms with Crippen LogP contribution in [0.3, 0.4) is 0 Å². The Balaban J connectivity index is 1.21. The van der Waals surface area contributed by atoms with Crippen molar-refractivity contribution in [2.45, 2.75) is 19.4 Å². The highest BCUT2D eigenvalue weighted by molar-refractivity contribution is 9.10. The van der Waals surface area contributed by atoms with E-state index in [9.17, 15) is 4.79 Å². The van der Waals surface area contributed by atoms with Gasteiger partial charge in [-0.1, -0.05) is 46.3 Å². The van der Waals surface area contributed by atoms with Crippen molar-refractivity contribution < 1.29 is 9.21 Å². The minimum absolute atomic E-state index is 0.0533. The second-order valence-electron chi connectivity index (χ2n) is 7.98. The number of hydrogen-bond donors (Lipinski definition) is 1. The van der Waals surface area contributed by atoms with Crippen LogP contribution in [-0.2, 0) is 11.3 Å². The number of para-hydroxylation sites is 1. The number of hydrogen-bond acceptors (Lipinski definition) is 3. The van der Waals surface area contributed by atoms with Gasteiger partial charge in [0.1, 0.15) is 11.2 Å². The number of carbonyl (C=O) groups excluding carboxylic acids is 1. The third kappa shape index (κ3) is 4.00. The molecule has 30 heavy (non-hydrogen) atoms. The Morgan fingerprint density at radius 3 is 2.50 bits per heavy atom. The van der Waals surface area contributed by atoms with Crippen LogP contribution in [-0.4, -0.2) is 23.9 Å². The van der Waals surface area contributed by atoms with E-state index >= 15 is 0 Å². The molecule has 4 nitrogen and oxygen atoms in total. The van der Waals surface area contributed by atoms with Gasteiger partial charge in [-0.2, -0.15) is 0 Å². The standard InChI is InChI=1S/C25H23BrN2O2/c26-19-7-5-17(6-8-19)16-28-13-11-18(12-14-28)25(29)27-20-9-10-22-21-3-1-2-4-23(21)30-24(22)15-20/h1-10,15,18H,11-14,16H2,(H,27,29). The van der Waals surface area contributed by atoms with Gasteiger partial charge in [0.05, 0.1) is 0 Å². The van der Waals surface area contributed by atoms with Crippen LogP contribution in [0.1, 0.15) is 18.4 Å². The Morgan fingerprint density at radius 2 is 1.70 bits per heavy atom. The summed E-state index contributed by atoms with van der Waals surface area (Å²) in [5, 5.41) is 5.27. The molecule has 1 aliphatic rings. The molecule has 152 valence electrons. The maximum atomic E-state index is 12.8. The van der Waals surface area contributed by atoms with Crippen molar-refractivity contribution >= 4 is 49.5 Å². The summed E-state index contributed by atoms with van der Waals surface area (Å²) in [7, 11) is 0. The third-order valence-corrected chi connectivity index (χ3v) is 6.45. The molecule has 1 aliphatic heterocycles. The number of amides is 1. The van der Waals surface area contributed by atoms with Crippen molar-refractivity contribution in [2.75, 3.05) is 18.4 Å². The quantitative estimate of drug-likeness (QED) is 0.392. The number of rotatable bonds is 4. The number of furan rings is 1. The van der Waals surface area contributed by atoms with Crippen LogP contribution in [0.25, 0.3) is 21.9 Å². The summed E-state index contributed by atoms with van der Waals surface area (Å²) in [4.78, 5) is 15.2. The lowest BCUT2D eigenvalue weighted by Crippen LogP contribution is -2.37. The van der Waals surface area contributed by atoms with Crippen LogP contribution in [0.4, 0.5) is 5.69 Å². The predicted molar refractivity (Wildman–Crippen MR) is 124 cm³/mol. The molecular formula is C25H23BrN2O2. The van der Waals surface area contributed by atoms with Crippen LogP contribution >= 0.6 is 15.9 Å². The Kier molecular flexibility index (Phi) is 5.32. The van der Waals surface area contributed by atoms with Gasteiger partial charge in [0, 0.05) is 39.5 Å². The van der Waals surface area contributed by atoms with Crippen molar-refractivity contribution in [3.63, 3.8) is 0 Å². The van der Waals surface area contributed by atoms with Crippen LogP contribution in [0.2, 0.25) is 0 Å². The van der Waals surface area contributed by atoms with Gasteiger partial charge in [-0.05, 0) is 61.8 Å². The van der Waals surface area contributed by atoms with E-state index < -0.39 is 0 Å². The Morgan fingerprint density at radius 1 is 0.967 bits per heavy atom. The average Bonchev–Trinajstić information content (AvgIpc) is 3.13. The Bertz CT molecular complexity index is 1190. The number of anilines is 1. The summed E-state index contributed by atoms with van der Waals surface area (Å²) in [6, 6.07) is 22.4. The molecule has 0 bridgehead atoms. The fraction of sp³-hybridized carbons (Fsp3) is 0.240. The zero-order valence-corrected chi connectivity index (χ0v) is 18.2. The summed E-state index contributed by atoms with van der Waals surface area (Å²) < 4.78 is 7.04. The molecule has 4 aromatic rings. The summed E-state index contributed by atoms with van der Waals surface area (Å²) in [6.45, 7) is 2.82. The topological polar surface area (TPSA) is 45.5 Å². The average molecular weight is 463 g/mol. The van der Waals surface area contributed by atoms with E-state index in [1.165, 1.54) is 5.56 Å². The molecule has 1 N–H and O–H groups in total. The lowest BCUT2D eigenvalue weighted by Gasteiger charge is -2.31. The molecule has 1 amide bonds. The SMILES string of the molecule is O=C(Nc1ccc2c(c1)oc1ccccc12)C1CCN(Cc2ccc(Br)cc2)CC1. The Hall–Kier alpha value is -2.63. The minimum Gasteiger partial charge on any atom is -0.456 e. The highest BCUT2D eigenvalue weighted by Gasteiger charge is 2.25. The fourth-order valence-electron chi connectivity index (χ4n) is 4.25. The molecule has 1 aromatic heterocycles. The largest absolute Gasteiger partial charge is 0.456 e. The second kappa shape index (κ2) is 8.25. The molecular weight excluding hydrogens is 440 g/mol. The zero-order chi connectivity index (χ0) is 20.5. The number of halogens is 1. The van der Waals surface area contributed by atoms with E-state index in [2.05, 4.69) is 56.5 Å². The first kappa shape index (κ1) is 19.3. The summed E-state index contributed by atoms with van der Waals surface area (Å²) in [5.41, 5.74) is 3.77. The number of nitrogens with one attached hydrogen (secondary N) is 1. The van der Waals surface area contributed by atoms with Gasteiger partial charge in [-0.25, -0.2) is 0 Å². The first-order valence-corrected chi connectivity index (χ1v) is 11.1. The molecule has 0 saturated carbocycles. The van der Waals surface area contributed by atoms with Gasteiger partial charge in [-0.15, -0.1) is 0 Å². The van der Waals surface area contributed by atoms with Gasteiger partial charge >= 0.3 is 0 Å². The van der Waals surface area contributed by atoms with Crippen LogP contribution in [0.5, 0.6) is 0 Å². The van der Waals surface area contributed by atoms with Crippen LogP contribution in [0.15, 0.2) is 75.6 Å². The van der Waals surface area contributed by atoms with Gasteiger partial charge in [0.2, 0.25) is 5.91 Å². The van der Waals surface area contributed by atoms with Crippen molar-refractivity contribution in [3.8, 4) is 0 Å².